The molecule has 1 heterocycles. The van der Waals surface area contributed by atoms with Gasteiger partial charge in [0.1, 0.15) is 5.69 Å². The molecule has 0 spiro atoms. The van der Waals surface area contributed by atoms with Gasteiger partial charge in [0, 0.05) is 18.8 Å². The Morgan fingerprint density at radius 1 is 1.38 bits per heavy atom. The van der Waals surface area contributed by atoms with Gasteiger partial charge in [0.2, 0.25) is 0 Å². The molecule has 0 fully saturated rings. The zero-order valence-corrected chi connectivity index (χ0v) is 11.7. The summed E-state index contributed by atoms with van der Waals surface area (Å²) in [4.78, 5) is 22.4. The first-order valence-electron chi connectivity index (χ1n) is 6.35. The minimum atomic E-state index is -0.528. The molecule has 1 amide bonds. The number of hydrogen-bond acceptors (Lipinski definition) is 4. The summed E-state index contributed by atoms with van der Waals surface area (Å²) in [5.41, 5.74) is 7.30. The second-order valence-corrected chi connectivity index (χ2v) is 4.81. The standard InChI is InChI=1S/C14H16N4O3/c1-9(10-3-5-11(15)6-4-10)16-14(19)13-7-12(18(20)21)8-17(13)2/h3-9H,15H2,1-2H3,(H,16,19). The van der Waals surface area contributed by atoms with Crippen molar-refractivity contribution in [2.45, 2.75) is 13.0 Å². The van der Waals surface area contributed by atoms with Crippen molar-refractivity contribution in [1.29, 1.82) is 0 Å². The van der Waals surface area contributed by atoms with Crippen molar-refractivity contribution >= 4 is 17.3 Å². The third-order valence-electron chi connectivity index (χ3n) is 3.22. The van der Waals surface area contributed by atoms with E-state index in [-0.39, 0.29) is 23.3 Å². The molecule has 7 heteroatoms. The number of rotatable bonds is 4. The first kappa shape index (κ1) is 14.6. The van der Waals surface area contributed by atoms with Gasteiger partial charge in [0.25, 0.3) is 11.6 Å². The van der Waals surface area contributed by atoms with Crippen LogP contribution in [0.5, 0.6) is 0 Å². The van der Waals surface area contributed by atoms with Crippen molar-refractivity contribution in [3.63, 3.8) is 0 Å². The van der Waals surface area contributed by atoms with Crippen LogP contribution in [0.1, 0.15) is 29.0 Å². The van der Waals surface area contributed by atoms with Crippen LogP contribution in [-0.2, 0) is 7.05 Å². The number of aryl methyl sites for hydroxylation is 1. The van der Waals surface area contributed by atoms with Gasteiger partial charge in [-0.2, -0.15) is 0 Å². The molecule has 0 saturated carbocycles. The van der Waals surface area contributed by atoms with E-state index in [2.05, 4.69) is 5.32 Å². The Morgan fingerprint density at radius 3 is 2.52 bits per heavy atom. The van der Waals surface area contributed by atoms with Crippen LogP contribution in [0, 0.1) is 10.1 Å². The average molecular weight is 288 g/mol. The Balaban J connectivity index is 2.14. The molecule has 0 saturated heterocycles. The molecule has 21 heavy (non-hydrogen) atoms. The molecule has 1 unspecified atom stereocenters. The van der Waals surface area contributed by atoms with E-state index in [1.54, 1.807) is 19.2 Å². The summed E-state index contributed by atoms with van der Waals surface area (Å²) in [6.07, 6.45) is 1.31. The highest BCUT2D eigenvalue weighted by Crippen LogP contribution is 2.18. The predicted molar refractivity (Wildman–Crippen MR) is 78.8 cm³/mol. The number of hydrogen-bond donors (Lipinski definition) is 2. The average Bonchev–Trinajstić information content (AvgIpc) is 2.81. The van der Waals surface area contributed by atoms with Crippen LogP contribution in [0.25, 0.3) is 0 Å². The van der Waals surface area contributed by atoms with E-state index in [9.17, 15) is 14.9 Å². The van der Waals surface area contributed by atoms with E-state index in [4.69, 9.17) is 5.73 Å². The molecule has 1 aromatic carbocycles. The Hall–Kier alpha value is -2.83. The molecule has 110 valence electrons. The van der Waals surface area contributed by atoms with Crippen molar-refractivity contribution in [3.8, 4) is 0 Å². The molecule has 2 rings (SSSR count). The van der Waals surface area contributed by atoms with E-state index in [0.29, 0.717) is 5.69 Å². The first-order valence-corrected chi connectivity index (χ1v) is 6.35. The first-order chi connectivity index (χ1) is 9.88. The number of carbonyl (C=O) groups is 1. The molecule has 0 aliphatic heterocycles. The van der Waals surface area contributed by atoms with Crippen molar-refractivity contribution in [3.05, 3.63) is 57.9 Å². The number of anilines is 1. The summed E-state index contributed by atoms with van der Waals surface area (Å²) >= 11 is 0. The van der Waals surface area contributed by atoms with E-state index in [1.165, 1.54) is 16.8 Å². The number of amides is 1. The maximum Gasteiger partial charge on any atom is 0.287 e. The lowest BCUT2D eigenvalue weighted by atomic mass is 10.1. The number of aromatic nitrogens is 1. The largest absolute Gasteiger partial charge is 0.399 e. The lowest BCUT2D eigenvalue weighted by molar-refractivity contribution is -0.384. The summed E-state index contributed by atoms with van der Waals surface area (Å²) in [6, 6.07) is 8.19. The predicted octanol–water partition coefficient (Wildman–Crippen LogP) is 2.01. The molecule has 2 aromatic rings. The Labute approximate surface area is 121 Å². The lowest BCUT2D eigenvalue weighted by Gasteiger charge is -2.14. The van der Waals surface area contributed by atoms with Crippen molar-refractivity contribution < 1.29 is 9.72 Å². The SMILES string of the molecule is CC(NC(=O)c1cc([N+](=O)[O-])cn1C)c1ccc(N)cc1. The fourth-order valence-corrected chi connectivity index (χ4v) is 2.01. The zero-order chi connectivity index (χ0) is 15.6. The third kappa shape index (κ3) is 3.19. The van der Waals surface area contributed by atoms with E-state index in [1.807, 2.05) is 19.1 Å². The molecular formula is C14H16N4O3. The minimum absolute atomic E-state index is 0.109. The number of nitrogens with two attached hydrogens (primary N) is 1. The number of benzene rings is 1. The molecule has 0 aliphatic carbocycles. The second-order valence-electron chi connectivity index (χ2n) is 4.81. The van der Waals surface area contributed by atoms with E-state index in [0.717, 1.165) is 5.56 Å². The normalized spacial score (nSPS) is 11.9. The van der Waals surface area contributed by atoms with Crippen LogP contribution in [0.2, 0.25) is 0 Å². The number of nitrogen functional groups attached to an aromatic ring is 1. The number of nitrogens with one attached hydrogen (secondary N) is 1. The highest BCUT2D eigenvalue weighted by Gasteiger charge is 2.19. The molecule has 0 aliphatic rings. The van der Waals surface area contributed by atoms with Gasteiger partial charge in [-0.05, 0) is 24.6 Å². The number of carbonyl (C=O) groups excluding carboxylic acids is 1. The summed E-state index contributed by atoms with van der Waals surface area (Å²) < 4.78 is 1.43. The fraction of sp³-hybridized carbons (Fsp3) is 0.214. The monoisotopic (exact) mass is 288 g/mol. The zero-order valence-electron chi connectivity index (χ0n) is 11.7. The minimum Gasteiger partial charge on any atom is -0.399 e. The van der Waals surface area contributed by atoms with Crippen LogP contribution in [0.3, 0.4) is 0 Å². The van der Waals surface area contributed by atoms with Gasteiger partial charge >= 0.3 is 0 Å². The highest BCUT2D eigenvalue weighted by molar-refractivity contribution is 5.93. The molecule has 0 radical (unpaired) electrons. The number of nitrogens with zero attached hydrogens (tertiary/aromatic N) is 2. The van der Waals surface area contributed by atoms with Gasteiger partial charge < -0.3 is 15.6 Å². The summed E-state index contributed by atoms with van der Waals surface area (Å²) in [6.45, 7) is 1.83. The second kappa shape index (κ2) is 5.66. The van der Waals surface area contributed by atoms with Crippen LogP contribution < -0.4 is 11.1 Å². The Kier molecular flexibility index (Phi) is 3.93. The molecular weight excluding hydrogens is 272 g/mol. The van der Waals surface area contributed by atoms with Crippen molar-refractivity contribution in [1.82, 2.24) is 9.88 Å². The quantitative estimate of drug-likeness (QED) is 0.510. The van der Waals surface area contributed by atoms with Gasteiger partial charge in [-0.3, -0.25) is 14.9 Å². The van der Waals surface area contributed by atoms with Crippen LogP contribution in [0.4, 0.5) is 11.4 Å². The molecule has 7 nitrogen and oxygen atoms in total. The van der Waals surface area contributed by atoms with E-state index < -0.39 is 4.92 Å². The van der Waals surface area contributed by atoms with Gasteiger partial charge in [0.15, 0.2) is 0 Å². The molecule has 0 bridgehead atoms. The lowest BCUT2D eigenvalue weighted by Crippen LogP contribution is -2.28. The Morgan fingerprint density at radius 2 is 2.00 bits per heavy atom. The van der Waals surface area contributed by atoms with Gasteiger partial charge in [-0.15, -0.1) is 0 Å². The van der Waals surface area contributed by atoms with Crippen LogP contribution in [0.15, 0.2) is 36.5 Å². The van der Waals surface area contributed by atoms with Crippen LogP contribution in [-0.4, -0.2) is 15.4 Å². The number of nitro groups is 1. The van der Waals surface area contributed by atoms with E-state index >= 15 is 0 Å². The topological polar surface area (TPSA) is 103 Å². The Bertz CT molecular complexity index is 676. The van der Waals surface area contributed by atoms with Crippen molar-refractivity contribution in [2.24, 2.45) is 7.05 Å². The van der Waals surface area contributed by atoms with Crippen molar-refractivity contribution in [2.75, 3.05) is 5.73 Å². The molecule has 1 aromatic heterocycles. The summed E-state index contributed by atoms with van der Waals surface area (Å²) in [5.74, 6) is -0.366. The summed E-state index contributed by atoms with van der Waals surface area (Å²) in [5, 5.41) is 13.5. The summed E-state index contributed by atoms with van der Waals surface area (Å²) in [7, 11) is 1.59. The smallest absolute Gasteiger partial charge is 0.287 e. The maximum atomic E-state index is 12.2. The maximum absolute atomic E-state index is 12.2. The van der Waals surface area contributed by atoms with Crippen LogP contribution >= 0.6 is 0 Å². The van der Waals surface area contributed by atoms with Gasteiger partial charge in [0.05, 0.1) is 17.2 Å². The fourth-order valence-electron chi connectivity index (χ4n) is 2.01. The molecule has 1 atom stereocenters. The third-order valence-corrected chi connectivity index (χ3v) is 3.22. The highest BCUT2D eigenvalue weighted by atomic mass is 16.6. The van der Waals surface area contributed by atoms with Gasteiger partial charge in [-0.25, -0.2) is 0 Å². The molecule has 3 N–H and O–H groups in total. The van der Waals surface area contributed by atoms with Gasteiger partial charge in [-0.1, -0.05) is 12.1 Å².